The maximum absolute atomic E-state index is 12.7. The molecule has 1 aromatic heterocycles. The van der Waals surface area contributed by atoms with E-state index < -0.39 is 5.97 Å². The second kappa shape index (κ2) is 6.58. The van der Waals surface area contributed by atoms with Gasteiger partial charge in [-0.3, -0.25) is 0 Å². The maximum atomic E-state index is 12.7. The molecule has 0 aliphatic heterocycles. The summed E-state index contributed by atoms with van der Waals surface area (Å²) in [5.74, 6) is 0.0897. The molecule has 1 heterocycles. The fourth-order valence-electron chi connectivity index (χ4n) is 1.36. The van der Waals surface area contributed by atoms with Crippen molar-refractivity contribution < 1.29 is 19.0 Å². The lowest BCUT2D eigenvalue weighted by Crippen LogP contribution is -1.99. The van der Waals surface area contributed by atoms with E-state index in [0.29, 0.717) is 18.1 Å². The van der Waals surface area contributed by atoms with Crippen molar-refractivity contribution in [2.45, 2.75) is 4.90 Å². The maximum Gasteiger partial charge on any atom is 0.346 e. The normalized spacial score (nSPS) is 10.4. The Morgan fingerprint density at radius 1 is 1.37 bits per heavy atom. The molecular formula is C13H11FO3S2. The quantitative estimate of drug-likeness (QED) is 0.651. The van der Waals surface area contributed by atoms with E-state index in [9.17, 15) is 9.18 Å². The summed E-state index contributed by atoms with van der Waals surface area (Å²) in [5.41, 5.74) is 0. The van der Waals surface area contributed by atoms with Crippen LogP contribution in [0.3, 0.4) is 0 Å². The number of hydrogen-bond acceptors (Lipinski definition) is 4. The van der Waals surface area contributed by atoms with E-state index in [4.69, 9.17) is 9.84 Å². The zero-order valence-electron chi connectivity index (χ0n) is 9.84. The Hall–Kier alpha value is -1.53. The average molecular weight is 298 g/mol. The summed E-state index contributed by atoms with van der Waals surface area (Å²) in [6.45, 7) is 0.470. The van der Waals surface area contributed by atoms with Gasteiger partial charge >= 0.3 is 5.97 Å². The van der Waals surface area contributed by atoms with E-state index in [2.05, 4.69) is 0 Å². The Bertz CT molecular complexity index is 551. The van der Waals surface area contributed by atoms with Gasteiger partial charge in [-0.05, 0) is 24.3 Å². The number of rotatable bonds is 6. The van der Waals surface area contributed by atoms with Crippen LogP contribution < -0.4 is 4.74 Å². The minimum atomic E-state index is -0.944. The number of aromatic carboxylic acids is 1. The standard InChI is InChI=1S/C13H11FO3S2/c14-9-1-3-11(4-2-9)18-6-5-17-10-7-12(13(15)16)19-8-10/h1-4,7-8H,5-6H2,(H,15,16). The van der Waals surface area contributed by atoms with Crippen LogP contribution in [-0.2, 0) is 0 Å². The van der Waals surface area contributed by atoms with Gasteiger partial charge in [0.15, 0.2) is 0 Å². The van der Waals surface area contributed by atoms with Crippen molar-refractivity contribution in [2.24, 2.45) is 0 Å². The molecule has 0 aliphatic carbocycles. The number of carboxylic acid groups (broad SMARTS) is 1. The van der Waals surface area contributed by atoms with Crippen LogP contribution in [0.4, 0.5) is 4.39 Å². The second-order valence-corrected chi connectivity index (χ2v) is 5.68. The predicted molar refractivity (Wildman–Crippen MR) is 73.9 cm³/mol. The van der Waals surface area contributed by atoms with Crippen molar-refractivity contribution in [3.8, 4) is 5.75 Å². The first-order valence-electron chi connectivity index (χ1n) is 5.48. The zero-order chi connectivity index (χ0) is 13.7. The second-order valence-electron chi connectivity index (χ2n) is 3.60. The number of benzene rings is 1. The molecule has 0 unspecified atom stereocenters. The molecule has 0 bridgehead atoms. The number of carbonyl (C=O) groups is 1. The van der Waals surface area contributed by atoms with Crippen LogP contribution in [0.2, 0.25) is 0 Å². The first-order valence-corrected chi connectivity index (χ1v) is 7.34. The van der Waals surface area contributed by atoms with Gasteiger partial charge in [0.1, 0.15) is 16.4 Å². The van der Waals surface area contributed by atoms with Crippen molar-refractivity contribution in [1.82, 2.24) is 0 Å². The number of ether oxygens (including phenoxy) is 1. The van der Waals surface area contributed by atoms with Gasteiger partial charge in [0.25, 0.3) is 0 Å². The molecule has 0 radical (unpaired) electrons. The fourth-order valence-corrected chi connectivity index (χ4v) is 2.75. The van der Waals surface area contributed by atoms with Gasteiger partial charge in [0.05, 0.1) is 6.61 Å². The van der Waals surface area contributed by atoms with Gasteiger partial charge in [-0.1, -0.05) is 0 Å². The molecule has 0 aliphatic rings. The van der Waals surface area contributed by atoms with Crippen LogP contribution >= 0.6 is 23.1 Å². The van der Waals surface area contributed by atoms with E-state index in [1.807, 2.05) is 0 Å². The minimum absolute atomic E-state index is 0.250. The van der Waals surface area contributed by atoms with E-state index in [0.717, 1.165) is 16.2 Å². The lowest BCUT2D eigenvalue weighted by molar-refractivity contribution is 0.0702. The molecule has 0 spiro atoms. The van der Waals surface area contributed by atoms with Gasteiger partial charge in [-0.2, -0.15) is 0 Å². The molecule has 0 saturated carbocycles. The third-order valence-electron chi connectivity index (χ3n) is 2.22. The summed E-state index contributed by atoms with van der Waals surface area (Å²) in [6.07, 6.45) is 0. The predicted octanol–water partition coefficient (Wildman–Crippen LogP) is 3.76. The third-order valence-corrected chi connectivity index (χ3v) is 4.09. The molecule has 6 heteroatoms. The lowest BCUT2D eigenvalue weighted by atomic mass is 10.4. The van der Waals surface area contributed by atoms with Crippen LogP contribution in [0.5, 0.6) is 5.75 Å². The summed E-state index contributed by atoms with van der Waals surface area (Å²) in [7, 11) is 0. The highest BCUT2D eigenvalue weighted by Gasteiger charge is 2.07. The van der Waals surface area contributed by atoms with Crippen molar-refractivity contribution >= 4 is 29.1 Å². The van der Waals surface area contributed by atoms with Crippen LogP contribution in [-0.4, -0.2) is 23.4 Å². The highest BCUT2D eigenvalue weighted by Crippen LogP contribution is 2.22. The van der Waals surface area contributed by atoms with Gasteiger partial charge < -0.3 is 9.84 Å². The highest BCUT2D eigenvalue weighted by molar-refractivity contribution is 7.99. The van der Waals surface area contributed by atoms with E-state index in [1.165, 1.54) is 18.2 Å². The van der Waals surface area contributed by atoms with E-state index >= 15 is 0 Å². The van der Waals surface area contributed by atoms with Crippen LogP contribution in [0.15, 0.2) is 40.6 Å². The monoisotopic (exact) mass is 298 g/mol. The number of thioether (sulfide) groups is 1. The number of thiophene rings is 1. The molecule has 0 saturated heterocycles. The van der Waals surface area contributed by atoms with Crippen molar-refractivity contribution in [2.75, 3.05) is 12.4 Å². The molecule has 0 atom stereocenters. The van der Waals surface area contributed by atoms with Gasteiger partial charge in [-0.25, -0.2) is 9.18 Å². The van der Waals surface area contributed by atoms with Crippen LogP contribution in [0, 0.1) is 5.82 Å². The van der Waals surface area contributed by atoms with E-state index in [-0.39, 0.29) is 10.7 Å². The van der Waals surface area contributed by atoms with Crippen molar-refractivity contribution in [3.63, 3.8) is 0 Å². The number of hydrogen-bond donors (Lipinski definition) is 1. The largest absolute Gasteiger partial charge is 0.492 e. The van der Waals surface area contributed by atoms with Gasteiger partial charge in [0.2, 0.25) is 0 Å². The summed E-state index contributed by atoms with van der Waals surface area (Å²) < 4.78 is 18.1. The van der Waals surface area contributed by atoms with E-state index in [1.54, 1.807) is 29.3 Å². The molecule has 0 fully saturated rings. The third kappa shape index (κ3) is 4.25. The molecule has 1 N–H and O–H groups in total. The molecular weight excluding hydrogens is 287 g/mol. The summed E-state index contributed by atoms with van der Waals surface area (Å²) in [6, 6.07) is 7.78. The Morgan fingerprint density at radius 3 is 2.74 bits per heavy atom. The molecule has 2 aromatic rings. The average Bonchev–Trinajstić information content (AvgIpc) is 2.86. The topological polar surface area (TPSA) is 46.5 Å². The minimum Gasteiger partial charge on any atom is -0.492 e. The fraction of sp³-hybridized carbons (Fsp3) is 0.154. The Labute approximate surface area is 118 Å². The lowest BCUT2D eigenvalue weighted by Gasteiger charge is -2.03. The molecule has 100 valence electrons. The molecule has 19 heavy (non-hydrogen) atoms. The van der Waals surface area contributed by atoms with Crippen LogP contribution in [0.25, 0.3) is 0 Å². The first-order chi connectivity index (χ1) is 9.15. The summed E-state index contributed by atoms with van der Waals surface area (Å²) in [4.78, 5) is 11.9. The van der Waals surface area contributed by atoms with Crippen molar-refractivity contribution in [1.29, 1.82) is 0 Å². The SMILES string of the molecule is O=C(O)c1cc(OCCSc2ccc(F)cc2)cs1. The molecule has 1 aromatic carbocycles. The summed E-state index contributed by atoms with van der Waals surface area (Å²) >= 11 is 2.70. The van der Waals surface area contributed by atoms with Gasteiger partial charge in [0, 0.05) is 22.1 Å². The van der Waals surface area contributed by atoms with Crippen molar-refractivity contribution in [3.05, 3.63) is 46.4 Å². The Balaban J connectivity index is 1.74. The number of halogens is 1. The highest BCUT2D eigenvalue weighted by atomic mass is 32.2. The number of carboxylic acids is 1. The molecule has 0 amide bonds. The zero-order valence-corrected chi connectivity index (χ0v) is 11.5. The Kier molecular flexibility index (Phi) is 4.81. The Morgan fingerprint density at radius 2 is 2.11 bits per heavy atom. The molecule has 2 rings (SSSR count). The van der Waals surface area contributed by atoms with Gasteiger partial charge in [-0.15, -0.1) is 23.1 Å². The molecule has 3 nitrogen and oxygen atoms in total. The summed E-state index contributed by atoms with van der Waals surface area (Å²) in [5, 5.41) is 10.4. The van der Waals surface area contributed by atoms with Crippen LogP contribution in [0.1, 0.15) is 9.67 Å². The smallest absolute Gasteiger partial charge is 0.346 e. The first kappa shape index (κ1) is 13.9.